The predicted molar refractivity (Wildman–Crippen MR) is 53.6 cm³/mol. The van der Waals surface area contributed by atoms with Crippen molar-refractivity contribution in [2.75, 3.05) is 20.3 Å². The molecule has 0 bridgehead atoms. The van der Waals surface area contributed by atoms with E-state index >= 15 is 0 Å². The van der Waals surface area contributed by atoms with Gasteiger partial charge in [-0.3, -0.25) is 0 Å². The first-order valence-electron chi connectivity index (χ1n) is 4.76. The maximum Gasteiger partial charge on any atom is 0.357 e. The highest BCUT2D eigenvalue weighted by atomic mass is 16.5. The van der Waals surface area contributed by atoms with Gasteiger partial charge >= 0.3 is 5.97 Å². The van der Waals surface area contributed by atoms with Crippen LogP contribution in [0.15, 0.2) is 12.3 Å². The van der Waals surface area contributed by atoms with Gasteiger partial charge in [-0.2, -0.15) is 0 Å². The second kappa shape index (κ2) is 6.08. The average molecular weight is 210 g/mol. The molecule has 0 fully saturated rings. The van der Waals surface area contributed by atoms with Gasteiger partial charge in [-0.05, 0) is 13.0 Å². The molecule has 0 radical (unpaired) electrons. The van der Waals surface area contributed by atoms with E-state index < -0.39 is 5.97 Å². The summed E-state index contributed by atoms with van der Waals surface area (Å²) in [4.78, 5) is 19.4. The Hall–Kier alpha value is -1.49. The molecule has 0 aliphatic heterocycles. The number of esters is 1. The first-order chi connectivity index (χ1) is 7.27. The van der Waals surface area contributed by atoms with Gasteiger partial charge < -0.3 is 9.47 Å². The lowest BCUT2D eigenvalue weighted by atomic mass is 10.3. The predicted octanol–water partition coefficient (Wildman–Crippen LogP) is 0.842. The molecule has 0 aliphatic carbocycles. The van der Waals surface area contributed by atoms with E-state index in [1.54, 1.807) is 20.2 Å². The zero-order valence-corrected chi connectivity index (χ0v) is 8.90. The van der Waals surface area contributed by atoms with E-state index in [-0.39, 0.29) is 5.69 Å². The molecule has 5 heteroatoms. The molecular formula is C10H14N2O3. The number of hydrogen-bond donors (Lipinski definition) is 0. The van der Waals surface area contributed by atoms with Gasteiger partial charge in [0.15, 0.2) is 5.69 Å². The molecule has 0 aliphatic rings. The summed E-state index contributed by atoms with van der Waals surface area (Å²) in [5.41, 5.74) is 0.290. The van der Waals surface area contributed by atoms with E-state index in [9.17, 15) is 4.79 Å². The number of carbonyl (C=O) groups is 1. The minimum atomic E-state index is -0.418. The highest BCUT2D eigenvalue weighted by Gasteiger charge is 2.08. The molecule has 5 nitrogen and oxygen atoms in total. The molecule has 0 saturated carbocycles. The third-order valence-corrected chi connectivity index (χ3v) is 1.72. The van der Waals surface area contributed by atoms with Crippen molar-refractivity contribution < 1.29 is 14.3 Å². The zero-order valence-electron chi connectivity index (χ0n) is 8.90. The van der Waals surface area contributed by atoms with Crippen LogP contribution in [0.2, 0.25) is 0 Å². The summed E-state index contributed by atoms with van der Waals surface area (Å²) in [6.45, 7) is 2.63. The number of ether oxygens (including phenoxy) is 2. The van der Waals surface area contributed by atoms with Crippen molar-refractivity contribution >= 4 is 5.97 Å². The summed E-state index contributed by atoms with van der Waals surface area (Å²) in [6, 6.07) is 1.54. The summed E-state index contributed by atoms with van der Waals surface area (Å²) in [6.07, 6.45) is 2.13. The fourth-order valence-corrected chi connectivity index (χ4v) is 1.03. The summed E-state index contributed by atoms with van der Waals surface area (Å²) < 4.78 is 9.72. The Morgan fingerprint density at radius 1 is 1.53 bits per heavy atom. The third-order valence-electron chi connectivity index (χ3n) is 1.72. The molecular weight excluding hydrogens is 196 g/mol. The first kappa shape index (κ1) is 11.6. The molecule has 0 unspecified atom stereocenters. The van der Waals surface area contributed by atoms with E-state index in [1.165, 1.54) is 6.07 Å². The Morgan fingerprint density at radius 3 is 3.00 bits per heavy atom. The van der Waals surface area contributed by atoms with Crippen LogP contribution in [0.3, 0.4) is 0 Å². The van der Waals surface area contributed by atoms with Crippen LogP contribution < -0.4 is 0 Å². The highest BCUT2D eigenvalue weighted by Crippen LogP contribution is 1.99. The van der Waals surface area contributed by atoms with Crippen molar-refractivity contribution in [1.82, 2.24) is 9.97 Å². The zero-order chi connectivity index (χ0) is 11.1. The van der Waals surface area contributed by atoms with Gasteiger partial charge in [-0.25, -0.2) is 14.8 Å². The number of rotatable bonds is 5. The van der Waals surface area contributed by atoms with Crippen LogP contribution in [0.1, 0.15) is 23.2 Å². The quantitative estimate of drug-likeness (QED) is 0.674. The Balaban J connectivity index is 2.69. The maximum atomic E-state index is 11.3. The van der Waals surface area contributed by atoms with Crippen LogP contribution in [-0.2, 0) is 15.9 Å². The summed E-state index contributed by atoms with van der Waals surface area (Å²) >= 11 is 0. The van der Waals surface area contributed by atoms with Gasteiger partial charge in [0, 0.05) is 19.7 Å². The van der Waals surface area contributed by atoms with Crippen LogP contribution in [0.5, 0.6) is 0 Å². The fourth-order valence-electron chi connectivity index (χ4n) is 1.03. The van der Waals surface area contributed by atoms with Gasteiger partial charge in [0.05, 0.1) is 13.2 Å². The van der Waals surface area contributed by atoms with Crippen molar-refractivity contribution in [2.45, 2.75) is 13.3 Å². The van der Waals surface area contributed by atoms with Crippen molar-refractivity contribution in [3.63, 3.8) is 0 Å². The van der Waals surface area contributed by atoms with Crippen molar-refractivity contribution in [3.8, 4) is 0 Å². The van der Waals surface area contributed by atoms with Gasteiger partial charge in [-0.1, -0.05) is 0 Å². The standard InChI is InChI=1S/C10H14N2O3/c1-3-15-10(13)8-4-6-11-9(12-8)5-7-14-2/h4,6H,3,5,7H2,1-2H3. The molecule has 15 heavy (non-hydrogen) atoms. The van der Waals surface area contributed by atoms with Crippen LogP contribution in [0.25, 0.3) is 0 Å². The second-order valence-electron chi connectivity index (χ2n) is 2.82. The van der Waals surface area contributed by atoms with E-state index in [0.717, 1.165) is 0 Å². The minimum Gasteiger partial charge on any atom is -0.461 e. The lowest BCUT2D eigenvalue weighted by Crippen LogP contribution is -2.10. The molecule has 0 amide bonds. The Bertz CT molecular complexity index is 328. The minimum absolute atomic E-state index is 0.290. The van der Waals surface area contributed by atoms with Gasteiger partial charge in [0.1, 0.15) is 5.82 Å². The molecule has 0 N–H and O–H groups in total. The molecule has 1 rings (SSSR count). The maximum absolute atomic E-state index is 11.3. The molecule has 0 aromatic carbocycles. The van der Waals surface area contributed by atoms with Crippen molar-refractivity contribution in [2.24, 2.45) is 0 Å². The molecule has 1 aromatic heterocycles. The first-order valence-corrected chi connectivity index (χ1v) is 4.76. The number of nitrogens with zero attached hydrogens (tertiary/aromatic N) is 2. The van der Waals surface area contributed by atoms with Crippen LogP contribution >= 0.6 is 0 Å². The Kier molecular flexibility index (Phi) is 4.70. The summed E-state index contributed by atoms with van der Waals surface area (Å²) in [7, 11) is 1.61. The Labute approximate surface area is 88.4 Å². The monoisotopic (exact) mass is 210 g/mol. The second-order valence-corrected chi connectivity index (χ2v) is 2.82. The smallest absolute Gasteiger partial charge is 0.357 e. The molecule has 1 aromatic rings. The topological polar surface area (TPSA) is 61.3 Å². The summed E-state index contributed by atoms with van der Waals surface area (Å²) in [5, 5.41) is 0. The number of hydrogen-bond acceptors (Lipinski definition) is 5. The normalized spacial score (nSPS) is 10.0. The van der Waals surface area contributed by atoms with Crippen molar-refractivity contribution in [1.29, 1.82) is 0 Å². The molecule has 0 atom stereocenters. The lowest BCUT2D eigenvalue weighted by molar-refractivity contribution is 0.0518. The van der Waals surface area contributed by atoms with Gasteiger partial charge in [-0.15, -0.1) is 0 Å². The van der Waals surface area contributed by atoms with Crippen molar-refractivity contribution in [3.05, 3.63) is 23.8 Å². The SMILES string of the molecule is CCOC(=O)c1ccnc(CCOC)n1. The molecule has 82 valence electrons. The largest absolute Gasteiger partial charge is 0.461 e. The molecule has 0 saturated heterocycles. The van der Waals surface area contributed by atoms with E-state index in [4.69, 9.17) is 9.47 Å². The number of aromatic nitrogens is 2. The Morgan fingerprint density at radius 2 is 2.33 bits per heavy atom. The van der Waals surface area contributed by atoms with E-state index in [0.29, 0.717) is 25.5 Å². The van der Waals surface area contributed by atoms with Crippen LogP contribution in [0.4, 0.5) is 0 Å². The van der Waals surface area contributed by atoms with Crippen LogP contribution in [0, 0.1) is 0 Å². The summed E-state index contributed by atoms with van der Waals surface area (Å²) in [5.74, 6) is 0.168. The average Bonchev–Trinajstić information content (AvgIpc) is 2.27. The number of methoxy groups -OCH3 is 1. The fraction of sp³-hybridized carbons (Fsp3) is 0.500. The molecule has 1 heterocycles. The highest BCUT2D eigenvalue weighted by molar-refractivity contribution is 5.87. The van der Waals surface area contributed by atoms with E-state index in [2.05, 4.69) is 9.97 Å². The van der Waals surface area contributed by atoms with E-state index in [1.807, 2.05) is 0 Å². The lowest BCUT2D eigenvalue weighted by Gasteiger charge is -2.02. The van der Waals surface area contributed by atoms with Gasteiger partial charge in [0.2, 0.25) is 0 Å². The third kappa shape index (κ3) is 3.63. The number of carbonyl (C=O) groups excluding carboxylic acids is 1. The molecule has 0 spiro atoms. The van der Waals surface area contributed by atoms with Gasteiger partial charge in [0.25, 0.3) is 0 Å². The van der Waals surface area contributed by atoms with Crippen LogP contribution in [-0.4, -0.2) is 36.3 Å².